The first kappa shape index (κ1) is 25.5. The van der Waals surface area contributed by atoms with Gasteiger partial charge in [-0.25, -0.2) is 4.98 Å². The van der Waals surface area contributed by atoms with Crippen molar-refractivity contribution in [1.29, 1.82) is 0 Å². The number of aliphatic hydroxyl groups excluding tert-OH is 1. The summed E-state index contributed by atoms with van der Waals surface area (Å²) in [5, 5.41) is 25.8. The lowest BCUT2D eigenvalue weighted by molar-refractivity contribution is -0.138. The van der Waals surface area contributed by atoms with Crippen LogP contribution in [0.4, 0.5) is 0 Å². The lowest BCUT2D eigenvalue weighted by Crippen LogP contribution is -2.58. The monoisotopic (exact) mass is 460 g/mol. The normalized spacial score (nSPS) is 14.4. The van der Waals surface area contributed by atoms with Gasteiger partial charge in [0.25, 0.3) is 0 Å². The maximum absolute atomic E-state index is 13.1. The van der Waals surface area contributed by atoms with Crippen LogP contribution in [0.5, 0.6) is 0 Å². The van der Waals surface area contributed by atoms with Gasteiger partial charge < -0.3 is 36.9 Å². The molecule has 3 amide bonds. The number of nitrogens with one attached hydrogen (secondary N) is 4. The molecular formula is C21H28N6O6. The van der Waals surface area contributed by atoms with Crippen molar-refractivity contribution in [1.82, 2.24) is 25.9 Å². The van der Waals surface area contributed by atoms with Gasteiger partial charge in [-0.3, -0.25) is 19.2 Å². The molecule has 0 saturated heterocycles. The maximum atomic E-state index is 13.1. The summed E-state index contributed by atoms with van der Waals surface area (Å²) in [5.41, 5.74) is 6.94. The van der Waals surface area contributed by atoms with E-state index in [9.17, 15) is 24.3 Å². The van der Waals surface area contributed by atoms with E-state index in [1.165, 1.54) is 19.4 Å². The van der Waals surface area contributed by atoms with Gasteiger partial charge in [0.15, 0.2) is 0 Å². The zero-order chi connectivity index (χ0) is 24.4. The van der Waals surface area contributed by atoms with Gasteiger partial charge in [-0.1, -0.05) is 30.3 Å². The van der Waals surface area contributed by atoms with E-state index in [0.29, 0.717) is 5.69 Å². The van der Waals surface area contributed by atoms with Crippen LogP contribution < -0.4 is 21.7 Å². The van der Waals surface area contributed by atoms with Gasteiger partial charge in [0.2, 0.25) is 17.7 Å². The van der Waals surface area contributed by atoms with Crippen LogP contribution in [0.25, 0.3) is 0 Å². The highest BCUT2D eigenvalue weighted by molar-refractivity contribution is 5.94. The first-order valence-electron chi connectivity index (χ1n) is 10.2. The number of aliphatic carboxylic acids is 1. The molecular weight excluding hydrogens is 432 g/mol. The second kappa shape index (κ2) is 12.3. The Morgan fingerprint density at radius 2 is 1.67 bits per heavy atom. The number of nitrogens with two attached hydrogens (primary N) is 1. The van der Waals surface area contributed by atoms with E-state index in [0.717, 1.165) is 5.56 Å². The van der Waals surface area contributed by atoms with Crippen LogP contribution in [0.1, 0.15) is 18.2 Å². The van der Waals surface area contributed by atoms with E-state index < -0.39 is 54.5 Å². The molecule has 2 rings (SSSR count). The summed E-state index contributed by atoms with van der Waals surface area (Å²) in [6.45, 7) is 0.731. The van der Waals surface area contributed by atoms with Crippen molar-refractivity contribution in [2.45, 2.75) is 44.0 Å². The van der Waals surface area contributed by atoms with Gasteiger partial charge in [0, 0.05) is 24.7 Å². The van der Waals surface area contributed by atoms with Gasteiger partial charge in [-0.05, 0) is 12.5 Å². The number of rotatable bonds is 12. The second-order valence-electron chi connectivity index (χ2n) is 7.47. The number of aromatic nitrogens is 2. The van der Waals surface area contributed by atoms with E-state index >= 15 is 0 Å². The molecule has 0 fully saturated rings. The summed E-state index contributed by atoms with van der Waals surface area (Å²) in [7, 11) is 0. The zero-order valence-corrected chi connectivity index (χ0v) is 18.0. The van der Waals surface area contributed by atoms with Crippen molar-refractivity contribution >= 4 is 23.7 Å². The summed E-state index contributed by atoms with van der Waals surface area (Å²) in [4.78, 5) is 55.6. The molecule has 0 saturated carbocycles. The Kier molecular flexibility index (Phi) is 9.51. The van der Waals surface area contributed by atoms with Crippen LogP contribution >= 0.6 is 0 Å². The summed E-state index contributed by atoms with van der Waals surface area (Å²) < 4.78 is 0. The smallest absolute Gasteiger partial charge is 0.322 e. The summed E-state index contributed by atoms with van der Waals surface area (Å²) in [6.07, 6.45) is 1.84. The van der Waals surface area contributed by atoms with Crippen molar-refractivity contribution in [3.63, 3.8) is 0 Å². The third-order valence-corrected chi connectivity index (χ3v) is 4.76. The van der Waals surface area contributed by atoms with Gasteiger partial charge in [0.05, 0.1) is 12.4 Å². The molecule has 33 heavy (non-hydrogen) atoms. The Labute approximate surface area is 190 Å². The number of H-pyrrole nitrogens is 1. The molecule has 1 aromatic carbocycles. The number of carbonyl (C=O) groups excluding carboxylic acids is 3. The minimum absolute atomic E-state index is 0.0128. The average molecular weight is 460 g/mol. The van der Waals surface area contributed by atoms with E-state index in [4.69, 9.17) is 10.8 Å². The first-order valence-corrected chi connectivity index (χ1v) is 10.2. The molecule has 178 valence electrons. The molecule has 8 N–H and O–H groups in total. The lowest BCUT2D eigenvalue weighted by atomic mass is 10.0. The fourth-order valence-electron chi connectivity index (χ4n) is 2.93. The number of carboxylic acids is 1. The van der Waals surface area contributed by atoms with Crippen molar-refractivity contribution in [2.75, 3.05) is 6.54 Å². The molecule has 0 aliphatic rings. The van der Waals surface area contributed by atoms with Crippen LogP contribution in [0, 0.1) is 0 Å². The number of aliphatic hydroxyl groups is 1. The molecule has 1 aromatic heterocycles. The number of carboxylic acid groups (broad SMARTS) is 1. The largest absolute Gasteiger partial charge is 0.480 e. The van der Waals surface area contributed by atoms with Crippen molar-refractivity contribution in [3.05, 3.63) is 54.1 Å². The standard InChI is InChI=1S/C21H28N6O6/c1-12(28)18(22)21(33)27-16(8-14-9-23-11-25-14)20(32)26-15(19(31)24-10-17(29)30)7-13-5-3-2-4-6-13/h2-6,9,11-12,15-16,18,28H,7-8,10,22H2,1H3,(H,23,25)(H,24,31)(H,26,32)(H,27,33)(H,29,30). The van der Waals surface area contributed by atoms with Gasteiger partial charge in [0.1, 0.15) is 24.7 Å². The van der Waals surface area contributed by atoms with E-state index in [1.54, 1.807) is 30.3 Å². The molecule has 2 aromatic rings. The molecule has 4 atom stereocenters. The number of benzene rings is 1. The number of hydrogen-bond acceptors (Lipinski definition) is 7. The van der Waals surface area contributed by atoms with Gasteiger partial charge >= 0.3 is 5.97 Å². The molecule has 0 bridgehead atoms. The predicted molar refractivity (Wildman–Crippen MR) is 117 cm³/mol. The fourth-order valence-corrected chi connectivity index (χ4v) is 2.93. The fraction of sp³-hybridized carbons (Fsp3) is 0.381. The summed E-state index contributed by atoms with van der Waals surface area (Å²) in [5.74, 6) is -3.37. The van der Waals surface area contributed by atoms with Crippen LogP contribution in [0.2, 0.25) is 0 Å². The van der Waals surface area contributed by atoms with Crippen molar-refractivity contribution in [3.8, 4) is 0 Å². The SMILES string of the molecule is CC(O)C(N)C(=O)NC(Cc1cnc[nH]1)C(=O)NC(Cc1ccccc1)C(=O)NCC(=O)O. The van der Waals surface area contributed by atoms with E-state index in [-0.39, 0.29) is 12.8 Å². The Hall–Kier alpha value is -3.77. The first-order chi connectivity index (χ1) is 15.7. The molecule has 12 nitrogen and oxygen atoms in total. The molecule has 12 heteroatoms. The van der Waals surface area contributed by atoms with Gasteiger partial charge in [-0.2, -0.15) is 0 Å². The minimum Gasteiger partial charge on any atom is -0.480 e. The molecule has 4 unspecified atom stereocenters. The van der Waals surface area contributed by atoms with E-state index in [1.807, 2.05) is 0 Å². The summed E-state index contributed by atoms with van der Waals surface area (Å²) >= 11 is 0. The number of aromatic amines is 1. The highest BCUT2D eigenvalue weighted by atomic mass is 16.4. The minimum atomic E-state index is -1.26. The van der Waals surface area contributed by atoms with Crippen LogP contribution in [-0.4, -0.2) is 74.6 Å². The van der Waals surface area contributed by atoms with E-state index in [2.05, 4.69) is 25.9 Å². The molecule has 0 aliphatic heterocycles. The second-order valence-corrected chi connectivity index (χ2v) is 7.47. The Morgan fingerprint density at radius 1 is 1.03 bits per heavy atom. The third-order valence-electron chi connectivity index (χ3n) is 4.76. The summed E-state index contributed by atoms with van der Waals surface area (Å²) in [6, 6.07) is 5.33. The van der Waals surface area contributed by atoms with Crippen molar-refractivity contribution < 1.29 is 29.4 Å². The predicted octanol–water partition coefficient (Wildman–Crippen LogP) is -1.93. The molecule has 0 radical (unpaired) electrons. The zero-order valence-electron chi connectivity index (χ0n) is 18.0. The maximum Gasteiger partial charge on any atom is 0.322 e. The van der Waals surface area contributed by atoms with Crippen LogP contribution in [-0.2, 0) is 32.0 Å². The number of amides is 3. The van der Waals surface area contributed by atoms with Gasteiger partial charge in [-0.15, -0.1) is 0 Å². The average Bonchev–Trinajstić information content (AvgIpc) is 3.29. The number of nitrogens with zero attached hydrogens (tertiary/aromatic N) is 1. The highest BCUT2D eigenvalue weighted by Gasteiger charge is 2.30. The number of imidazole rings is 1. The Morgan fingerprint density at radius 3 is 2.24 bits per heavy atom. The topological polar surface area (TPSA) is 200 Å². The molecule has 1 heterocycles. The third kappa shape index (κ3) is 8.35. The van der Waals surface area contributed by atoms with Crippen LogP contribution in [0.15, 0.2) is 42.9 Å². The quantitative estimate of drug-likeness (QED) is 0.190. The Balaban J connectivity index is 2.20. The highest BCUT2D eigenvalue weighted by Crippen LogP contribution is 2.06. The molecule has 0 aliphatic carbocycles. The van der Waals surface area contributed by atoms with Crippen molar-refractivity contribution in [2.24, 2.45) is 5.73 Å². The number of carbonyl (C=O) groups is 4. The molecule has 0 spiro atoms. The van der Waals surface area contributed by atoms with Crippen LogP contribution in [0.3, 0.4) is 0 Å². The Bertz CT molecular complexity index is 934. The lowest BCUT2D eigenvalue weighted by Gasteiger charge is -2.24. The number of hydrogen-bond donors (Lipinski definition) is 7.